The van der Waals surface area contributed by atoms with Crippen molar-refractivity contribution in [2.45, 2.75) is 43.9 Å². The molecule has 3 aromatic rings. The Morgan fingerprint density at radius 3 is 2.26 bits per heavy atom. The molecule has 2 saturated heterocycles. The molecule has 5 rings (SSSR count). The molecule has 0 aromatic heterocycles. The zero-order valence-corrected chi connectivity index (χ0v) is 21.5. The first kappa shape index (κ1) is 25.7. The number of hydrogen-bond donors (Lipinski definition) is 1. The highest BCUT2D eigenvalue weighted by molar-refractivity contribution is 5.69. The molecule has 8 heteroatoms. The van der Waals surface area contributed by atoms with Gasteiger partial charge in [0, 0.05) is 50.1 Å². The Kier molecular flexibility index (Phi) is 7.86. The van der Waals surface area contributed by atoms with E-state index in [2.05, 4.69) is 4.90 Å². The van der Waals surface area contributed by atoms with Gasteiger partial charge >= 0.3 is 5.97 Å². The first-order valence-electron chi connectivity index (χ1n) is 13.0. The van der Waals surface area contributed by atoms with E-state index in [0.29, 0.717) is 37.5 Å². The summed E-state index contributed by atoms with van der Waals surface area (Å²) in [6.45, 7) is 2.01. The van der Waals surface area contributed by atoms with Gasteiger partial charge in [0.1, 0.15) is 35.3 Å². The van der Waals surface area contributed by atoms with E-state index >= 15 is 0 Å². The first-order chi connectivity index (χ1) is 18.5. The minimum absolute atomic E-state index is 0.0426. The molecule has 2 atom stereocenters. The highest BCUT2D eigenvalue weighted by Gasteiger charge is 2.35. The summed E-state index contributed by atoms with van der Waals surface area (Å²) in [5, 5.41) is 9.46. The fraction of sp³-hybridized carbons (Fsp3) is 0.367. The molecule has 0 spiro atoms. The van der Waals surface area contributed by atoms with Gasteiger partial charge in [-0.15, -0.1) is 0 Å². The molecule has 1 N–H and O–H groups in total. The molecule has 38 heavy (non-hydrogen) atoms. The molecule has 0 radical (unpaired) electrons. The summed E-state index contributed by atoms with van der Waals surface area (Å²) in [5.74, 6) is 1.13. The van der Waals surface area contributed by atoms with Crippen LogP contribution in [-0.4, -0.2) is 56.1 Å². The van der Waals surface area contributed by atoms with Gasteiger partial charge in [-0.1, -0.05) is 18.2 Å². The van der Waals surface area contributed by atoms with Crippen LogP contribution in [0.4, 0.5) is 15.8 Å². The second-order valence-electron chi connectivity index (χ2n) is 9.81. The molecular weight excluding hydrogens is 487 g/mol. The number of aliphatic carboxylic acids is 1. The Labute approximate surface area is 222 Å². The Hall–Kier alpha value is -3.94. The predicted molar refractivity (Wildman–Crippen MR) is 144 cm³/mol. The van der Waals surface area contributed by atoms with Crippen molar-refractivity contribution in [2.24, 2.45) is 0 Å². The molecule has 0 bridgehead atoms. The van der Waals surface area contributed by atoms with Crippen molar-refractivity contribution in [1.29, 1.82) is 0 Å². The average Bonchev–Trinajstić information content (AvgIpc) is 3.31. The Morgan fingerprint density at radius 2 is 1.58 bits per heavy atom. The Balaban J connectivity index is 1.18. The molecule has 2 fully saturated rings. The number of para-hydroxylation sites is 1. The van der Waals surface area contributed by atoms with Gasteiger partial charge in [-0.2, -0.15) is 0 Å². The quantitative estimate of drug-likeness (QED) is 0.406. The van der Waals surface area contributed by atoms with Gasteiger partial charge in [0.2, 0.25) is 0 Å². The van der Waals surface area contributed by atoms with Crippen LogP contribution >= 0.6 is 0 Å². The zero-order chi connectivity index (χ0) is 26.5. The maximum absolute atomic E-state index is 14.4. The van der Waals surface area contributed by atoms with E-state index in [1.807, 2.05) is 59.5 Å². The second-order valence-corrected chi connectivity index (χ2v) is 9.81. The lowest BCUT2D eigenvalue weighted by molar-refractivity contribution is -0.137. The van der Waals surface area contributed by atoms with Crippen LogP contribution in [0.15, 0.2) is 72.8 Å². The van der Waals surface area contributed by atoms with Gasteiger partial charge in [-0.25, -0.2) is 4.39 Å². The normalized spacial score (nSPS) is 19.8. The minimum Gasteiger partial charge on any atom is -0.497 e. The first-order valence-corrected chi connectivity index (χ1v) is 13.0. The molecule has 3 aromatic carbocycles. The standard InChI is InChI=1S/C30H33FN2O5/c1-36-26-11-12-28(31)29(19-26)32-15-13-25(14-16-32)37-24-9-7-21(8-10-24)33-20-27(17-22(33)18-30(34)35)38-23-5-3-2-4-6-23/h2-12,19,22,25,27H,13-18,20H2,1H3,(H,34,35)/t22-,27-/m1/s1. The number of carbonyl (C=O) groups is 1. The van der Waals surface area contributed by atoms with Gasteiger partial charge in [0.25, 0.3) is 0 Å². The van der Waals surface area contributed by atoms with Crippen molar-refractivity contribution in [1.82, 2.24) is 0 Å². The lowest BCUT2D eigenvalue weighted by atomic mass is 10.1. The number of halogens is 1. The van der Waals surface area contributed by atoms with Crippen LogP contribution in [0, 0.1) is 5.82 Å². The smallest absolute Gasteiger partial charge is 0.305 e. The number of benzene rings is 3. The lowest BCUT2D eigenvalue weighted by Crippen LogP contribution is -2.38. The van der Waals surface area contributed by atoms with Crippen molar-refractivity contribution >= 4 is 17.3 Å². The highest BCUT2D eigenvalue weighted by Crippen LogP contribution is 2.32. The summed E-state index contributed by atoms with van der Waals surface area (Å²) in [5.41, 5.74) is 1.51. The van der Waals surface area contributed by atoms with Crippen molar-refractivity contribution in [3.63, 3.8) is 0 Å². The van der Waals surface area contributed by atoms with Crippen LogP contribution in [-0.2, 0) is 4.79 Å². The highest BCUT2D eigenvalue weighted by atomic mass is 19.1. The minimum atomic E-state index is -0.819. The van der Waals surface area contributed by atoms with Crippen molar-refractivity contribution < 1.29 is 28.5 Å². The number of nitrogens with zero attached hydrogens (tertiary/aromatic N) is 2. The van der Waals surface area contributed by atoms with Crippen molar-refractivity contribution in [3.05, 3.63) is 78.6 Å². The van der Waals surface area contributed by atoms with E-state index in [9.17, 15) is 14.3 Å². The third kappa shape index (κ3) is 6.13. The van der Waals surface area contributed by atoms with Gasteiger partial charge in [0.05, 0.1) is 25.8 Å². The summed E-state index contributed by atoms with van der Waals surface area (Å²) < 4.78 is 32.0. The summed E-state index contributed by atoms with van der Waals surface area (Å²) >= 11 is 0. The maximum atomic E-state index is 14.4. The van der Waals surface area contributed by atoms with Crippen LogP contribution in [0.25, 0.3) is 0 Å². The van der Waals surface area contributed by atoms with Crippen LogP contribution < -0.4 is 24.0 Å². The lowest BCUT2D eigenvalue weighted by Gasteiger charge is -2.34. The van der Waals surface area contributed by atoms with Gasteiger partial charge in [0.15, 0.2) is 0 Å². The van der Waals surface area contributed by atoms with Crippen molar-refractivity contribution in [3.8, 4) is 17.2 Å². The number of ether oxygens (including phenoxy) is 3. The number of carboxylic acids is 1. The fourth-order valence-corrected chi connectivity index (χ4v) is 5.35. The van der Waals surface area contributed by atoms with Crippen molar-refractivity contribution in [2.75, 3.05) is 36.5 Å². The van der Waals surface area contributed by atoms with Gasteiger partial charge < -0.3 is 29.1 Å². The van der Waals surface area contributed by atoms with E-state index in [0.717, 1.165) is 30.0 Å². The van der Waals surface area contributed by atoms with Crippen LogP contribution in [0.5, 0.6) is 17.2 Å². The largest absolute Gasteiger partial charge is 0.497 e. The summed E-state index contributed by atoms with van der Waals surface area (Å²) in [7, 11) is 1.58. The fourth-order valence-electron chi connectivity index (χ4n) is 5.35. The number of methoxy groups -OCH3 is 1. The van der Waals surface area contributed by atoms with E-state index in [1.165, 1.54) is 6.07 Å². The SMILES string of the molecule is COc1ccc(F)c(N2CCC(Oc3ccc(N4C[C@H](Oc5ccccc5)C[C@@H]4CC(=O)O)cc3)CC2)c1. The van der Waals surface area contributed by atoms with E-state index < -0.39 is 5.97 Å². The molecule has 7 nitrogen and oxygen atoms in total. The Morgan fingerprint density at radius 1 is 0.921 bits per heavy atom. The monoisotopic (exact) mass is 520 g/mol. The van der Waals surface area contributed by atoms with E-state index in [1.54, 1.807) is 19.2 Å². The molecule has 0 amide bonds. The van der Waals surface area contributed by atoms with Crippen LogP contribution in [0.1, 0.15) is 25.7 Å². The topological polar surface area (TPSA) is 71.5 Å². The number of rotatable bonds is 9. The second kappa shape index (κ2) is 11.6. The molecule has 2 heterocycles. The predicted octanol–water partition coefficient (Wildman–Crippen LogP) is 5.38. The third-order valence-electron chi connectivity index (χ3n) is 7.24. The maximum Gasteiger partial charge on any atom is 0.305 e. The molecule has 200 valence electrons. The van der Waals surface area contributed by atoms with E-state index in [4.69, 9.17) is 14.2 Å². The molecule has 0 unspecified atom stereocenters. The van der Waals surface area contributed by atoms with Crippen LogP contribution in [0.3, 0.4) is 0 Å². The molecular formula is C30H33FN2O5. The average molecular weight is 521 g/mol. The van der Waals surface area contributed by atoms with Crippen LogP contribution in [0.2, 0.25) is 0 Å². The zero-order valence-electron chi connectivity index (χ0n) is 21.5. The summed E-state index contributed by atoms with van der Waals surface area (Å²) in [6, 6.07) is 22.1. The number of anilines is 2. The van der Waals surface area contributed by atoms with Gasteiger partial charge in [-0.3, -0.25) is 4.79 Å². The summed E-state index contributed by atoms with van der Waals surface area (Å²) in [6.07, 6.45) is 2.22. The number of carboxylic acid groups (broad SMARTS) is 1. The molecule has 2 aliphatic rings. The molecule has 0 aliphatic carbocycles. The number of piperidine rings is 1. The van der Waals surface area contributed by atoms with Gasteiger partial charge in [-0.05, 0) is 48.5 Å². The number of hydrogen-bond acceptors (Lipinski definition) is 6. The third-order valence-corrected chi connectivity index (χ3v) is 7.24. The Bertz CT molecular complexity index is 1220. The molecule has 2 aliphatic heterocycles. The summed E-state index contributed by atoms with van der Waals surface area (Å²) in [4.78, 5) is 15.7. The van der Waals surface area contributed by atoms with E-state index in [-0.39, 0.29) is 30.5 Å². The molecule has 0 saturated carbocycles.